The standard InChI is InChI=1S/C12H15NO2/c1-9-7-13(8-9)11(12(14)15)10-5-3-2-4-6-10/h2-6,9,11H,7-8H2,1H3,(H,14,15). The van der Waals surface area contributed by atoms with Gasteiger partial charge in [-0.2, -0.15) is 0 Å². The van der Waals surface area contributed by atoms with Gasteiger partial charge in [-0.15, -0.1) is 0 Å². The highest BCUT2D eigenvalue weighted by Gasteiger charge is 2.34. The van der Waals surface area contributed by atoms with Crippen molar-refractivity contribution in [2.45, 2.75) is 13.0 Å². The lowest BCUT2D eigenvalue weighted by Crippen LogP contribution is -2.49. The van der Waals surface area contributed by atoms with E-state index < -0.39 is 12.0 Å². The van der Waals surface area contributed by atoms with Gasteiger partial charge in [-0.3, -0.25) is 9.69 Å². The molecule has 2 rings (SSSR count). The van der Waals surface area contributed by atoms with Crippen molar-refractivity contribution in [2.75, 3.05) is 13.1 Å². The van der Waals surface area contributed by atoms with E-state index in [1.807, 2.05) is 35.2 Å². The number of carboxylic acids is 1. The molecule has 1 N–H and O–H groups in total. The van der Waals surface area contributed by atoms with E-state index in [1.165, 1.54) is 0 Å². The molecular weight excluding hydrogens is 190 g/mol. The quantitative estimate of drug-likeness (QED) is 0.817. The molecule has 15 heavy (non-hydrogen) atoms. The van der Waals surface area contributed by atoms with Crippen molar-refractivity contribution in [1.82, 2.24) is 4.90 Å². The molecule has 1 aliphatic heterocycles. The lowest BCUT2D eigenvalue weighted by atomic mass is 9.96. The third-order valence-electron chi connectivity index (χ3n) is 2.81. The lowest BCUT2D eigenvalue weighted by Gasteiger charge is -2.41. The summed E-state index contributed by atoms with van der Waals surface area (Å²) in [7, 11) is 0. The maximum atomic E-state index is 11.2. The van der Waals surface area contributed by atoms with Crippen molar-refractivity contribution in [3.63, 3.8) is 0 Å². The Labute approximate surface area is 89.3 Å². The van der Waals surface area contributed by atoms with E-state index in [2.05, 4.69) is 6.92 Å². The number of rotatable bonds is 3. The highest BCUT2D eigenvalue weighted by atomic mass is 16.4. The van der Waals surface area contributed by atoms with E-state index in [0.717, 1.165) is 18.7 Å². The second-order valence-corrected chi connectivity index (χ2v) is 4.21. The van der Waals surface area contributed by atoms with Gasteiger partial charge in [0.2, 0.25) is 0 Å². The van der Waals surface area contributed by atoms with Crippen LogP contribution in [0.4, 0.5) is 0 Å². The van der Waals surface area contributed by atoms with E-state index in [4.69, 9.17) is 0 Å². The smallest absolute Gasteiger partial charge is 0.325 e. The summed E-state index contributed by atoms with van der Waals surface area (Å²) in [5.41, 5.74) is 0.872. The van der Waals surface area contributed by atoms with Crippen LogP contribution in [0.3, 0.4) is 0 Å². The van der Waals surface area contributed by atoms with E-state index in [0.29, 0.717) is 5.92 Å². The summed E-state index contributed by atoms with van der Waals surface area (Å²) in [6.07, 6.45) is 0. The van der Waals surface area contributed by atoms with E-state index in [9.17, 15) is 9.90 Å². The molecule has 1 fully saturated rings. The summed E-state index contributed by atoms with van der Waals surface area (Å²) in [6.45, 7) is 3.90. The second kappa shape index (κ2) is 4.03. The zero-order valence-electron chi connectivity index (χ0n) is 8.76. The molecule has 1 atom stereocenters. The van der Waals surface area contributed by atoms with Crippen LogP contribution >= 0.6 is 0 Å². The van der Waals surface area contributed by atoms with Crippen LogP contribution in [-0.4, -0.2) is 29.1 Å². The van der Waals surface area contributed by atoms with Crippen LogP contribution in [0.5, 0.6) is 0 Å². The fraction of sp³-hybridized carbons (Fsp3) is 0.417. The van der Waals surface area contributed by atoms with Crippen LogP contribution in [-0.2, 0) is 4.79 Å². The van der Waals surface area contributed by atoms with Crippen molar-refractivity contribution in [3.05, 3.63) is 35.9 Å². The maximum absolute atomic E-state index is 11.2. The van der Waals surface area contributed by atoms with Gasteiger partial charge < -0.3 is 5.11 Å². The first-order valence-corrected chi connectivity index (χ1v) is 5.20. The van der Waals surface area contributed by atoms with Crippen LogP contribution in [0.25, 0.3) is 0 Å². The Bertz CT molecular complexity index is 344. The third kappa shape index (κ3) is 2.02. The molecule has 1 aromatic rings. The zero-order valence-corrected chi connectivity index (χ0v) is 8.76. The molecule has 1 heterocycles. The first kappa shape index (κ1) is 10.2. The van der Waals surface area contributed by atoms with Gasteiger partial charge in [0, 0.05) is 13.1 Å². The number of benzene rings is 1. The molecule has 0 amide bonds. The molecule has 0 aliphatic carbocycles. The molecule has 0 aromatic heterocycles. The zero-order chi connectivity index (χ0) is 10.8. The molecule has 3 nitrogen and oxygen atoms in total. The minimum absolute atomic E-state index is 0.470. The van der Waals surface area contributed by atoms with Gasteiger partial charge in [0.1, 0.15) is 6.04 Å². The SMILES string of the molecule is CC1CN(C(C(=O)O)c2ccccc2)C1. The Morgan fingerprint density at radius 1 is 1.40 bits per heavy atom. The molecule has 1 aromatic carbocycles. The first-order chi connectivity index (χ1) is 7.18. The fourth-order valence-corrected chi connectivity index (χ4v) is 2.10. The Kier molecular flexibility index (Phi) is 2.73. The highest BCUT2D eigenvalue weighted by Crippen LogP contribution is 2.28. The first-order valence-electron chi connectivity index (χ1n) is 5.20. The average molecular weight is 205 g/mol. The predicted octanol–water partition coefficient (Wildman–Crippen LogP) is 1.76. The number of hydrogen-bond donors (Lipinski definition) is 1. The summed E-state index contributed by atoms with van der Waals surface area (Å²) in [4.78, 5) is 13.2. The van der Waals surface area contributed by atoms with Crippen LogP contribution in [0.2, 0.25) is 0 Å². The molecule has 80 valence electrons. The van der Waals surface area contributed by atoms with E-state index in [1.54, 1.807) is 0 Å². The van der Waals surface area contributed by atoms with Gasteiger partial charge in [0.25, 0.3) is 0 Å². The third-order valence-corrected chi connectivity index (χ3v) is 2.81. The topological polar surface area (TPSA) is 40.5 Å². The van der Waals surface area contributed by atoms with Crippen LogP contribution < -0.4 is 0 Å². The van der Waals surface area contributed by atoms with Crippen molar-refractivity contribution >= 4 is 5.97 Å². The number of hydrogen-bond acceptors (Lipinski definition) is 2. The molecule has 0 bridgehead atoms. The van der Waals surface area contributed by atoms with E-state index >= 15 is 0 Å². The van der Waals surface area contributed by atoms with Crippen LogP contribution in [0, 0.1) is 5.92 Å². The Hall–Kier alpha value is -1.35. The monoisotopic (exact) mass is 205 g/mol. The Morgan fingerprint density at radius 2 is 2.00 bits per heavy atom. The molecule has 1 unspecified atom stereocenters. The number of nitrogens with zero attached hydrogens (tertiary/aromatic N) is 1. The van der Waals surface area contributed by atoms with Crippen molar-refractivity contribution in [3.8, 4) is 0 Å². The van der Waals surface area contributed by atoms with Crippen molar-refractivity contribution < 1.29 is 9.90 Å². The van der Waals surface area contributed by atoms with Gasteiger partial charge in [-0.1, -0.05) is 37.3 Å². The number of aliphatic carboxylic acids is 1. The Morgan fingerprint density at radius 3 is 2.47 bits per heavy atom. The van der Waals surface area contributed by atoms with Gasteiger partial charge in [-0.25, -0.2) is 0 Å². The van der Waals surface area contributed by atoms with Gasteiger partial charge in [0.15, 0.2) is 0 Å². The molecule has 3 heteroatoms. The van der Waals surface area contributed by atoms with Crippen LogP contribution in [0.1, 0.15) is 18.5 Å². The normalized spacial score (nSPS) is 19.5. The summed E-state index contributed by atoms with van der Waals surface area (Å²) in [6, 6.07) is 8.95. The molecule has 1 saturated heterocycles. The molecule has 1 aliphatic rings. The summed E-state index contributed by atoms with van der Waals surface area (Å²) < 4.78 is 0. The predicted molar refractivity (Wildman–Crippen MR) is 57.6 cm³/mol. The number of likely N-dealkylation sites (tertiary alicyclic amines) is 1. The highest BCUT2D eigenvalue weighted by molar-refractivity contribution is 5.75. The van der Waals surface area contributed by atoms with Crippen molar-refractivity contribution in [1.29, 1.82) is 0 Å². The summed E-state index contributed by atoms with van der Waals surface area (Å²) >= 11 is 0. The van der Waals surface area contributed by atoms with Gasteiger partial charge in [0.05, 0.1) is 0 Å². The van der Waals surface area contributed by atoms with E-state index in [-0.39, 0.29) is 0 Å². The fourth-order valence-electron chi connectivity index (χ4n) is 2.10. The summed E-state index contributed by atoms with van der Waals surface area (Å²) in [5.74, 6) is -0.135. The minimum atomic E-state index is -0.756. The molecular formula is C12H15NO2. The lowest BCUT2D eigenvalue weighted by molar-refractivity contribution is -0.146. The molecule has 0 radical (unpaired) electrons. The maximum Gasteiger partial charge on any atom is 0.325 e. The number of carboxylic acid groups (broad SMARTS) is 1. The molecule has 0 saturated carbocycles. The van der Waals surface area contributed by atoms with Gasteiger partial charge in [-0.05, 0) is 11.5 Å². The van der Waals surface area contributed by atoms with Crippen molar-refractivity contribution in [2.24, 2.45) is 5.92 Å². The molecule has 0 spiro atoms. The summed E-state index contributed by atoms with van der Waals surface area (Å²) in [5, 5.41) is 9.21. The number of carbonyl (C=O) groups is 1. The van der Waals surface area contributed by atoms with Crippen LogP contribution in [0.15, 0.2) is 30.3 Å². The van der Waals surface area contributed by atoms with Gasteiger partial charge >= 0.3 is 5.97 Å². The minimum Gasteiger partial charge on any atom is -0.480 e. The second-order valence-electron chi connectivity index (χ2n) is 4.21. The Balaban J connectivity index is 2.18. The largest absolute Gasteiger partial charge is 0.480 e. The average Bonchev–Trinajstić information content (AvgIpc) is 2.17.